The fourth-order valence-electron chi connectivity index (χ4n) is 4.92. The largest absolute Gasteiger partial charge is 0.508 e. The molecular formula is C22H34O2. The Bertz CT molecular complexity index is 576. The van der Waals surface area contributed by atoms with Crippen molar-refractivity contribution in [2.24, 2.45) is 11.8 Å². The van der Waals surface area contributed by atoms with Gasteiger partial charge in [0.1, 0.15) is 17.1 Å². The highest BCUT2D eigenvalue weighted by Gasteiger charge is 2.47. The first-order valence-electron chi connectivity index (χ1n) is 9.97. The van der Waals surface area contributed by atoms with Crippen molar-refractivity contribution in [2.75, 3.05) is 0 Å². The molecule has 1 aromatic rings. The van der Waals surface area contributed by atoms with Gasteiger partial charge in [0, 0.05) is 11.5 Å². The Labute approximate surface area is 147 Å². The molecule has 0 spiro atoms. The lowest BCUT2D eigenvalue weighted by molar-refractivity contribution is -0.0145. The number of phenols is 1. The van der Waals surface area contributed by atoms with Crippen molar-refractivity contribution < 1.29 is 9.84 Å². The Morgan fingerprint density at radius 3 is 2.71 bits per heavy atom. The number of hydrogen-bond donors (Lipinski definition) is 1. The Hall–Kier alpha value is -1.18. The third-order valence-electron chi connectivity index (χ3n) is 6.25. The molecule has 3 atom stereocenters. The van der Waals surface area contributed by atoms with Crippen LogP contribution < -0.4 is 4.74 Å². The number of phenolic OH excluding ortho intramolecular Hbond substituents is 1. The molecule has 1 aliphatic heterocycles. The highest BCUT2D eigenvalue weighted by Crippen LogP contribution is 2.55. The lowest BCUT2D eigenvalue weighted by Crippen LogP contribution is -2.46. The first-order chi connectivity index (χ1) is 11.4. The topological polar surface area (TPSA) is 29.5 Å². The maximum Gasteiger partial charge on any atom is 0.127 e. The minimum Gasteiger partial charge on any atom is -0.508 e. The third-order valence-corrected chi connectivity index (χ3v) is 6.25. The molecule has 134 valence electrons. The molecule has 0 bridgehead atoms. The predicted molar refractivity (Wildman–Crippen MR) is 99.9 cm³/mol. The fraction of sp³-hybridized carbons (Fsp3) is 0.727. The molecule has 24 heavy (non-hydrogen) atoms. The molecule has 2 heteroatoms. The van der Waals surface area contributed by atoms with Gasteiger partial charge in [-0.3, -0.25) is 0 Å². The van der Waals surface area contributed by atoms with Crippen LogP contribution in [-0.4, -0.2) is 10.7 Å². The number of aromatic hydroxyl groups is 1. The van der Waals surface area contributed by atoms with Crippen LogP contribution in [0.4, 0.5) is 0 Å². The van der Waals surface area contributed by atoms with Gasteiger partial charge in [-0.2, -0.15) is 0 Å². The van der Waals surface area contributed by atoms with Crippen molar-refractivity contribution in [1.82, 2.24) is 0 Å². The number of aryl methyl sites for hydroxylation is 1. The predicted octanol–water partition coefficient (Wildman–Crippen LogP) is 6.21. The maximum absolute atomic E-state index is 10.8. The summed E-state index contributed by atoms with van der Waals surface area (Å²) in [6.45, 7) is 9.04. The van der Waals surface area contributed by atoms with Gasteiger partial charge < -0.3 is 9.84 Å². The van der Waals surface area contributed by atoms with Gasteiger partial charge in [0.15, 0.2) is 0 Å². The highest BCUT2D eigenvalue weighted by molar-refractivity contribution is 5.52. The molecule has 0 radical (unpaired) electrons. The van der Waals surface area contributed by atoms with Crippen LogP contribution in [0.5, 0.6) is 11.5 Å². The highest BCUT2D eigenvalue weighted by atomic mass is 16.5. The van der Waals surface area contributed by atoms with Gasteiger partial charge in [-0.1, -0.05) is 39.5 Å². The van der Waals surface area contributed by atoms with Crippen LogP contribution in [0.25, 0.3) is 0 Å². The van der Waals surface area contributed by atoms with Crippen molar-refractivity contribution in [3.63, 3.8) is 0 Å². The summed E-state index contributed by atoms with van der Waals surface area (Å²) < 4.78 is 6.41. The minimum atomic E-state index is -0.134. The van der Waals surface area contributed by atoms with Gasteiger partial charge in [0.25, 0.3) is 0 Å². The number of rotatable bonds is 5. The second kappa shape index (κ2) is 6.98. The molecular weight excluding hydrogens is 296 g/mol. The SMILES string of the molecule is CCCCCCc1cc(O)c2c(c1)OC(C)(C)[C@H]1CCC(C)C[C@H]21. The van der Waals surface area contributed by atoms with Crippen LogP contribution in [0.15, 0.2) is 12.1 Å². The van der Waals surface area contributed by atoms with E-state index >= 15 is 0 Å². The normalized spacial score (nSPS) is 27.9. The van der Waals surface area contributed by atoms with Gasteiger partial charge in [-0.25, -0.2) is 0 Å². The van der Waals surface area contributed by atoms with E-state index in [2.05, 4.69) is 33.8 Å². The van der Waals surface area contributed by atoms with Crippen LogP contribution in [0, 0.1) is 11.8 Å². The van der Waals surface area contributed by atoms with Crippen LogP contribution in [0.1, 0.15) is 89.7 Å². The average Bonchev–Trinajstić information content (AvgIpc) is 2.50. The molecule has 0 aromatic heterocycles. The van der Waals surface area contributed by atoms with Crippen molar-refractivity contribution in [3.8, 4) is 11.5 Å². The van der Waals surface area contributed by atoms with Crippen LogP contribution in [0.3, 0.4) is 0 Å². The summed E-state index contributed by atoms with van der Waals surface area (Å²) in [6.07, 6.45) is 9.70. The van der Waals surface area contributed by atoms with Crippen molar-refractivity contribution >= 4 is 0 Å². The summed E-state index contributed by atoms with van der Waals surface area (Å²) in [5.41, 5.74) is 2.18. The molecule has 1 aliphatic carbocycles. The van der Waals surface area contributed by atoms with Gasteiger partial charge in [-0.05, 0) is 69.1 Å². The zero-order chi connectivity index (χ0) is 17.3. The van der Waals surface area contributed by atoms with Gasteiger partial charge >= 0.3 is 0 Å². The van der Waals surface area contributed by atoms with E-state index in [0.717, 1.165) is 23.7 Å². The molecule has 1 saturated carbocycles. The first kappa shape index (κ1) is 17.6. The molecule has 3 rings (SSSR count). The molecule has 2 nitrogen and oxygen atoms in total. The lowest BCUT2D eigenvalue weighted by Gasteiger charge is -2.48. The number of benzene rings is 1. The molecule has 1 unspecified atom stereocenters. The van der Waals surface area contributed by atoms with E-state index in [-0.39, 0.29) is 5.60 Å². The Kier molecular flexibility index (Phi) is 5.13. The van der Waals surface area contributed by atoms with Gasteiger partial charge in [-0.15, -0.1) is 0 Å². The average molecular weight is 331 g/mol. The minimum absolute atomic E-state index is 0.134. The van der Waals surface area contributed by atoms with Crippen LogP contribution in [-0.2, 0) is 6.42 Å². The van der Waals surface area contributed by atoms with Crippen molar-refractivity contribution in [3.05, 3.63) is 23.3 Å². The smallest absolute Gasteiger partial charge is 0.127 e. The number of fused-ring (bicyclic) bond motifs is 3. The number of hydrogen-bond acceptors (Lipinski definition) is 2. The van der Waals surface area contributed by atoms with Gasteiger partial charge in [0.2, 0.25) is 0 Å². The van der Waals surface area contributed by atoms with Gasteiger partial charge in [0.05, 0.1) is 0 Å². The van der Waals surface area contributed by atoms with Crippen LogP contribution >= 0.6 is 0 Å². The van der Waals surface area contributed by atoms with E-state index < -0.39 is 0 Å². The summed E-state index contributed by atoms with van der Waals surface area (Å²) in [5.74, 6) is 3.11. The molecule has 1 fully saturated rings. The summed E-state index contributed by atoms with van der Waals surface area (Å²) in [6, 6.07) is 4.21. The Morgan fingerprint density at radius 2 is 1.96 bits per heavy atom. The fourth-order valence-corrected chi connectivity index (χ4v) is 4.92. The van der Waals surface area contributed by atoms with E-state index in [0.29, 0.717) is 17.6 Å². The van der Waals surface area contributed by atoms with E-state index in [1.54, 1.807) is 0 Å². The first-order valence-corrected chi connectivity index (χ1v) is 9.97. The summed E-state index contributed by atoms with van der Waals surface area (Å²) in [7, 11) is 0. The molecule has 1 aromatic carbocycles. The van der Waals surface area contributed by atoms with Crippen molar-refractivity contribution in [2.45, 2.75) is 90.6 Å². The second-order valence-electron chi connectivity index (χ2n) is 8.67. The standard InChI is InChI=1S/C22H34O2/c1-5-6-7-8-9-16-13-19(23)21-17-12-15(2)10-11-18(17)22(3,4)24-20(21)14-16/h13-15,17-18,23H,5-12H2,1-4H3/t15?,17-,18-/m0/s1. The Balaban J connectivity index is 1.87. The molecule has 1 N–H and O–H groups in total. The van der Waals surface area contributed by atoms with E-state index in [9.17, 15) is 5.11 Å². The number of unbranched alkanes of at least 4 members (excludes halogenated alkanes) is 3. The monoisotopic (exact) mass is 330 g/mol. The van der Waals surface area contributed by atoms with Crippen LogP contribution in [0.2, 0.25) is 0 Å². The summed E-state index contributed by atoms with van der Waals surface area (Å²) >= 11 is 0. The number of ether oxygens (including phenoxy) is 1. The third kappa shape index (κ3) is 3.43. The molecule has 1 heterocycles. The molecule has 0 saturated heterocycles. The maximum atomic E-state index is 10.8. The zero-order valence-corrected chi connectivity index (χ0v) is 15.9. The molecule has 0 amide bonds. The molecule has 2 aliphatic rings. The zero-order valence-electron chi connectivity index (χ0n) is 15.9. The summed E-state index contributed by atoms with van der Waals surface area (Å²) in [4.78, 5) is 0. The van der Waals surface area contributed by atoms with E-state index in [4.69, 9.17) is 4.74 Å². The second-order valence-corrected chi connectivity index (χ2v) is 8.67. The van der Waals surface area contributed by atoms with E-state index in [1.165, 1.54) is 50.5 Å². The van der Waals surface area contributed by atoms with Crippen molar-refractivity contribution in [1.29, 1.82) is 0 Å². The Morgan fingerprint density at radius 1 is 1.17 bits per heavy atom. The lowest BCUT2D eigenvalue weighted by atomic mass is 9.64. The quantitative estimate of drug-likeness (QED) is 0.651. The van der Waals surface area contributed by atoms with E-state index in [1.807, 2.05) is 6.07 Å². The summed E-state index contributed by atoms with van der Waals surface area (Å²) in [5, 5.41) is 10.8.